The van der Waals surface area contributed by atoms with Crippen LogP contribution in [0.5, 0.6) is 0 Å². The molecule has 0 amide bonds. The van der Waals surface area contributed by atoms with Crippen LogP contribution in [0.3, 0.4) is 0 Å². The van der Waals surface area contributed by atoms with Crippen LogP contribution in [0, 0.1) is 6.92 Å². The first-order chi connectivity index (χ1) is 5.52. The van der Waals surface area contributed by atoms with Crippen LogP contribution in [-0.4, -0.2) is 14.1 Å². The van der Waals surface area contributed by atoms with Crippen LogP contribution in [0.25, 0.3) is 0 Å². The molecule has 0 spiro atoms. The molecule has 0 bridgehead atoms. The van der Waals surface area contributed by atoms with Crippen molar-refractivity contribution in [2.75, 3.05) is 24.7 Å². The minimum absolute atomic E-state index is 0.826. The number of hydrogen-bond acceptors (Lipinski definition) is 2. The Morgan fingerprint density at radius 2 is 1.92 bits per heavy atom. The summed E-state index contributed by atoms with van der Waals surface area (Å²) in [6.07, 6.45) is 0. The van der Waals surface area contributed by atoms with Crippen molar-refractivity contribution in [3.8, 4) is 0 Å². The minimum Gasteiger partial charge on any atom is -0.398 e. The average molecular weight is 229 g/mol. The van der Waals surface area contributed by atoms with Gasteiger partial charge in [0.1, 0.15) is 0 Å². The lowest BCUT2D eigenvalue weighted by Gasteiger charge is -2.16. The van der Waals surface area contributed by atoms with Crippen LogP contribution in [0.4, 0.5) is 11.4 Å². The summed E-state index contributed by atoms with van der Waals surface area (Å²) >= 11 is 3.46. The van der Waals surface area contributed by atoms with Gasteiger partial charge in [0.15, 0.2) is 0 Å². The lowest BCUT2D eigenvalue weighted by molar-refractivity contribution is 1.12. The van der Waals surface area contributed by atoms with Gasteiger partial charge in [-0.15, -0.1) is 0 Å². The molecule has 0 aromatic heterocycles. The van der Waals surface area contributed by atoms with Gasteiger partial charge in [0, 0.05) is 24.3 Å². The first-order valence-corrected chi connectivity index (χ1v) is 4.54. The SMILES string of the molecule is Cc1cc(N(C)C)c(Br)cc1N. The molecule has 2 N–H and O–H groups in total. The van der Waals surface area contributed by atoms with Crippen molar-refractivity contribution >= 4 is 27.3 Å². The van der Waals surface area contributed by atoms with Crippen LogP contribution in [0.15, 0.2) is 16.6 Å². The fourth-order valence-corrected chi connectivity index (χ4v) is 1.74. The fourth-order valence-electron chi connectivity index (χ4n) is 1.02. The number of anilines is 2. The molecule has 0 radical (unpaired) electrons. The number of halogens is 1. The second kappa shape index (κ2) is 3.35. The molecule has 3 heteroatoms. The summed E-state index contributed by atoms with van der Waals surface area (Å²) in [5.41, 5.74) is 8.83. The van der Waals surface area contributed by atoms with Gasteiger partial charge in [-0.2, -0.15) is 0 Å². The summed E-state index contributed by atoms with van der Waals surface area (Å²) < 4.78 is 1.04. The monoisotopic (exact) mass is 228 g/mol. The molecule has 0 unspecified atom stereocenters. The number of aryl methyl sites for hydroxylation is 1. The highest BCUT2D eigenvalue weighted by molar-refractivity contribution is 9.10. The van der Waals surface area contributed by atoms with Crippen LogP contribution >= 0.6 is 15.9 Å². The minimum atomic E-state index is 0.826. The Morgan fingerprint density at radius 3 is 2.42 bits per heavy atom. The lowest BCUT2D eigenvalue weighted by atomic mass is 10.2. The van der Waals surface area contributed by atoms with Crippen molar-refractivity contribution in [3.63, 3.8) is 0 Å². The molecule has 0 atom stereocenters. The van der Waals surface area contributed by atoms with Gasteiger partial charge in [-0.1, -0.05) is 0 Å². The van der Waals surface area contributed by atoms with Gasteiger partial charge < -0.3 is 10.6 Å². The Hall–Kier alpha value is -0.700. The van der Waals surface area contributed by atoms with Gasteiger partial charge >= 0.3 is 0 Å². The van der Waals surface area contributed by atoms with Gasteiger partial charge in [0.05, 0.1) is 5.69 Å². The van der Waals surface area contributed by atoms with Crippen LogP contribution in [0.2, 0.25) is 0 Å². The molecule has 1 rings (SSSR count). The first kappa shape index (κ1) is 9.39. The normalized spacial score (nSPS) is 10.0. The van der Waals surface area contributed by atoms with Gasteiger partial charge in [-0.25, -0.2) is 0 Å². The quantitative estimate of drug-likeness (QED) is 0.749. The van der Waals surface area contributed by atoms with E-state index in [1.807, 2.05) is 27.1 Å². The van der Waals surface area contributed by atoms with Crippen LogP contribution in [-0.2, 0) is 0 Å². The second-order valence-corrected chi connectivity index (χ2v) is 3.91. The maximum Gasteiger partial charge on any atom is 0.0509 e. The summed E-state index contributed by atoms with van der Waals surface area (Å²) in [5.74, 6) is 0. The predicted molar refractivity (Wildman–Crippen MR) is 57.6 cm³/mol. The molecule has 0 fully saturated rings. The Balaban J connectivity index is 3.23. The van der Waals surface area contributed by atoms with E-state index in [0.29, 0.717) is 0 Å². The standard InChI is InChI=1S/C9H13BrN2/c1-6-4-9(12(2)3)7(10)5-8(6)11/h4-5H,11H2,1-3H3. The first-order valence-electron chi connectivity index (χ1n) is 3.75. The smallest absolute Gasteiger partial charge is 0.0509 e. The van der Waals surface area contributed by atoms with E-state index in [9.17, 15) is 0 Å². The summed E-state index contributed by atoms with van der Waals surface area (Å²) in [4.78, 5) is 2.05. The topological polar surface area (TPSA) is 29.3 Å². The molecule has 1 aromatic carbocycles. The van der Waals surface area contributed by atoms with Crippen molar-refractivity contribution in [1.29, 1.82) is 0 Å². The van der Waals surface area contributed by atoms with Crippen molar-refractivity contribution in [1.82, 2.24) is 0 Å². The maximum atomic E-state index is 5.74. The van der Waals surface area contributed by atoms with E-state index in [0.717, 1.165) is 21.4 Å². The summed E-state index contributed by atoms with van der Waals surface area (Å²) in [7, 11) is 4.02. The number of nitrogens with two attached hydrogens (primary N) is 1. The van der Waals surface area contributed by atoms with E-state index in [1.165, 1.54) is 0 Å². The second-order valence-electron chi connectivity index (χ2n) is 3.05. The van der Waals surface area contributed by atoms with Gasteiger partial charge in [0.2, 0.25) is 0 Å². The Morgan fingerprint density at radius 1 is 1.33 bits per heavy atom. The Labute approximate surface area is 81.5 Å². The molecule has 0 aliphatic carbocycles. The highest BCUT2D eigenvalue weighted by Gasteiger charge is 2.04. The molecule has 66 valence electrons. The summed E-state index contributed by atoms with van der Waals surface area (Å²) in [6.45, 7) is 2.01. The molecule has 0 heterocycles. The third kappa shape index (κ3) is 1.72. The third-order valence-corrected chi connectivity index (χ3v) is 2.45. The van der Waals surface area contributed by atoms with Crippen molar-refractivity contribution in [2.24, 2.45) is 0 Å². The van der Waals surface area contributed by atoms with Crippen molar-refractivity contribution in [3.05, 3.63) is 22.2 Å². The van der Waals surface area contributed by atoms with Crippen LogP contribution < -0.4 is 10.6 Å². The number of rotatable bonds is 1. The van der Waals surface area contributed by atoms with Crippen molar-refractivity contribution < 1.29 is 0 Å². The highest BCUT2D eigenvalue weighted by Crippen LogP contribution is 2.29. The van der Waals surface area contributed by atoms with E-state index >= 15 is 0 Å². The fraction of sp³-hybridized carbons (Fsp3) is 0.333. The molecule has 0 aliphatic heterocycles. The molecule has 1 aromatic rings. The predicted octanol–water partition coefficient (Wildman–Crippen LogP) is 2.41. The summed E-state index contributed by atoms with van der Waals surface area (Å²) in [5, 5.41) is 0. The molecule has 12 heavy (non-hydrogen) atoms. The zero-order valence-electron chi connectivity index (χ0n) is 7.56. The van der Waals surface area contributed by atoms with Gasteiger partial charge in [0.25, 0.3) is 0 Å². The number of hydrogen-bond donors (Lipinski definition) is 1. The molecule has 2 nitrogen and oxygen atoms in total. The van der Waals surface area contributed by atoms with E-state index in [1.54, 1.807) is 0 Å². The molecular formula is C9H13BrN2. The zero-order valence-corrected chi connectivity index (χ0v) is 9.14. The molecule has 0 saturated carbocycles. The van der Waals surface area contributed by atoms with E-state index in [2.05, 4.69) is 26.9 Å². The Bertz CT molecular complexity index is 295. The van der Waals surface area contributed by atoms with Crippen LogP contribution in [0.1, 0.15) is 5.56 Å². The third-order valence-electron chi connectivity index (χ3n) is 1.82. The number of nitrogens with zero attached hydrogens (tertiary/aromatic N) is 1. The van der Waals surface area contributed by atoms with E-state index in [4.69, 9.17) is 5.73 Å². The molecular weight excluding hydrogens is 216 g/mol. The van der Waals surface area contributed by atoms with E-state index < -0.39 is 0 Å². The van der Waals surface area contributed by atoms with E-state index in [-0.39, 0.29) is 0 Å². The molecule has 0 aliphatic rings. The van der Waals surface area contributed by atoms with Crippen molar-refractivity contribution in [2.45, 2.75) is 6.92 Å². The maximum absolute atomic E-state index is 5.74. The van der Waals surface area contributed by atoms with Gasteiger partial charge in [-0.05, 0) is 40.5 Å². The average Bonchev–Trinajstić information content (AvgIpc) is 1.96. The molecule has 0 saturated heterocycles. The summed E-state index contributed by atoms with van der Waals surface area (Å²) in [6, 6.07) is 4.00. The largest absolute Gasteiger partial charge is 0.398 e. The zero-order chi connectivity index (χ0) is 9.30. The Kier molecular flexibility index (Phi) is 2.62. The number of benzene rings is 1. The van der Waals surface area contributed by atoms with Gasteiger partial charge in [-0.3, -0.25) is 0 Å². The lowest BCUT2D eigenvalue weighted by Crippen LogP contribution is -2.09. The number of nitrogen functional groups attached to an aromatic ring is 1. The highest BCUT2D eigenvalue weighted by atomic mass is 79.9.